The Balaban J connectivity index is 1.84. The van der Waals surface area contributed by atoms with Crippen molar-refractivity contribution in [2.75, 3.05) is 24.7 Å². The Hall–Kier alpha value is -1.54. The number of hydrogen-bond donors (Lipinski definition) is 1. The highest BCUT2D eigenvalue weighted by molar-refractivity contribution is 7.88. The lowest BCUT2D eigenvalue weighted by Gasteiger charge is -2.37. The van der Waals surface area contributed by atoms with Crippen molar-refractivity contribution < 1.29 is 22.0 Å². The van der Waals surface area contributed by atoms with E-state index in [4.69, 9.17) is 0 Å². The second-order valence-electron chi connectivity index (χ2n) is 7.15. The number of carbonyl (C=O) groups is 1. The van der Waals surface area contributed by atoms with Gasteiger partial charge in [-0.05, 0) is 30.4 Å². The lowest BCUT2D eigenvalue weighted by Crippen LogP contribution is -2.39. The molecule has 1 heterocycles. The first-order valence-corrected chi connectivity index (χ1v) is 10.3. The summed E-state index contributed by atoms with van der Waals surface area (Å²) in [6.45, 7) is 0.482. The lowest BCUT2D eigenvalue weighted by atomic mass is 9.67. The largest absolute Gasteiger partial charge is 0.326 e. The van der Waals surface area contributed by atoms with Crippen LogP contribution in [0.15, 0.2) is 18.2 Å². The van der Waals surface area contributed by atoms with Gasteiger partial charge in [-0.3, -0.25) is 4.79 Å². The first-order valence-electron chi connectivity index (χ1n) is 8.42. The molecule has 1 aliphatic carbocycles. The minimum atomic E-state index is -3.39. The summed E-state index contributed by atoms with van der Waals surface area (Å²) >= 11 is 0. The van der Waals surface area contributed by atoms with Gasteiger partial charge in [0.15, 0.2) is 11.6 Å². The molecule has 1 atom stereocenters. The third-order valence-electron chi connectivity index (χ3n) is 5.44. The van der Waals surface area contributed by atoms with Gasteiger partial charge in [-0.1, -0.05) is 19.3 Å². The van der Waals surface area contributed by atoms with Crippen LogP contribution >= 0.6 is 0 Å². The van der Waals surface area contributed by atoms with Gasteiger partial charge < -0.3 is 5.32 Å². The Labute approximate surface area is 146 Å². The third kappa shape index (κ3) is 3.69. The Kier molecular flexibility index (Phi) is 4.85. The molecule has 1 aliphatic heterocycles. The molecule has 25 heavy (non-hydrogen) atoms. The van der Waals surface area contributed by atoms with Crippen LogP contribution in [0, 0.1) is 23.0 Å². The molecule has 2 fully saturated rings. The fraction of sp³-hybridized carbons (Fsp3) is 0.588. The minimum absolute atomic E-state index is 0.133. The molecule has 1 aromatic rings. The molecule has 1 N–H and O–H groups in total. The quantitative estimate of drug-likeness (QED) is 0.887. The van der Waals surface area contributed by atoms with Crippen LogP contribution < -0.4 is 5.32 Å². The molecule has 0 bridgehead atoms. The Bertz CT molecular complexity index is 776. The van der Waals surface area contributed by atoms with Gasteiger partial charge in [0.05, 0.1) is 12.2 Å². The van der Waals surface area contributed by atoms with Gasteiger partial charge >= 0.3 is 0 Å². The molecule has 8 heteroatoms. The number of nitrogens with one attached hydrogen (secondary N) is 1. The van der Waals surface area contributed by atoms with Gasteiger partial charge in [0.2, 0.25) is 15.9 Å². The fourth-order valence-corrected chi connectivity index (χ4v) is 5.01. The highest BCUT2D eigenvalue weighted by atomic mass is 32.2. The molecule has 0 aromatic heterocycles. The van der Waals surface area contributed by atoms with Crippen LogP contribution in [0.3, 0.4) is 0 Å². The van der Waals surface area contributed by atoms with Crippen LogP contribution in [-0.4, -0.2) is 38.0 Å². The molecule has 3 rings (SSSR count). The molecule has 1 spiro atoms. The molecule has 0 radical (unpaired) electrons. The number of rotatable bonds is 3. The van der Waals surface area contributed by atoms with E-state index < -0.39 is 27.6 Å². The summed E-state index contributed by atoms with van der Waals surface area (Å²) in [6, 6.07) is 3.19. The standard InChI is InChI=1S/C17H22F2N2O3S/c1-25(23,24)21-10-13(17(11-21)7-3-2-4-8-17)16(22)20-12-5-6-14(18)15(19)9-12/h5-6,9,13H,2-4,7-8,10-11H2,1H3,(H,20,22)/t13-/m1/s1. The van der Waals surface area contributed by atoms with E-state index in [1.54, 1.807) is 0 Å². The predicted octanol–water partition coefficient (Wildman–Crippen LogP) is 2.75. The molecule has 0 unspecified atom stereocenters. The highest BCUT2D eigenvalue weighted by Crippen LogP contribution is 2.48. The maximum Gasteiger partial charge on any atom is 0.229 e. The molecule has 138 valence electrons. The second kappa shape index (κ2) is 6.64. The van der Waals surface area contributed by atoms with E-state index in [2.05, 4.69) is 5.32 Å². The first kappa shape index (κ1) is 18.3. The number of anilines is 1. The second-order valence-corrected chi connectivity index (χ2v) is 9.13. The molecule has 2 aliphatic rings. The topological polar surface area (TPSA) is 66.5 Å². The van der Waals surface area contributed by atoms with Crippen molar-refractivity contribution in [3.8, 4) is 0 Å². The van der Waals surface area contributed by atoms with Gasteiger partial charge in [-0.15, -0.1) is 0 Å². The van der Waals surface area contributed by atoms with Crippen molar-refractivity contribution in [3.05, 3.63) is 29.8 Å². The maximum absolute atomic E-state index is 13.4. The lowest BCUT2D eigenvalue weighted by molar-refractivity contribution is -0.123. The van der Waals surface area contributed by atoms with Crippen molar-refractivity contribution in [1.82, 2.24) is 4.31 Å². The average molecular weight is 372 g/mol. The summed E-state index contributed by atoms with van der Waals surface area (Å²) < 4.78 is 51.7. The Morgan fingerprint density at radius 1 is 1.20 bits per heavy atom. The van der Waals surface area contributed by atoms with Crippen molar-refractivity contribution in [2.24, 2.45) is 11.3 Å². The average Bonchev–Trinajstić information content (AvgIpc) is 2.91. The van der Waals surface area contributed by atoms with Crippen LogP contribution in [0.1, 0.15) is 32.1 Å². The SMILES string of the molecule is CS(=O)(=O)N1C[C@H](C(=O)Nc2ccc(F)c(F)c2)C2(CCCCC2)C1. The van der Waals surface area contributed by atoms with Crippen LogP contribution in [0.25, 0.3) is 0 Å². The van der Waals surface area contributed by atoms with Crippen molar-refractivity contribution >= 4 is 21.6 Å². The minimum Gasteiger partial charge on any atom is -0.326 e. The van der Waals surface area contributed by atoms with Crippen molar-refractivity contribution in [1.29, 1.82) is 0 Å². The van der Waals surface area contributed by atoms with E-state index in [9.17, 15) is 22.0 Å². The monoisotopic (exact) mass is 372 g/mol. The summed E-state index contributed by atoms with van der Waals surface area (Å²) in [4.78, 5) is 12.8. The van der Waals surface area contributed by atoms with Crippen LogP contribution in [-0.2, 0) is 14.8 Å². The van der Waals surface area contributed by atoms with Crippen molar-refractivity contribution in [3.63, 3.8) is 0 Å². The van der Waals surface area contributed by atoms with E-state index in [-0.39, 0.29) is 23.6 Å². The molecule has 1 amide bonds. The predicted molar refractivity (Wildman–Crippen MR) is 90.4 cm³/mol. The van der Waals surface area contributed by atoms with E-state index in [0.717, 1.165) is 50.5 Å². The smallest absolute Gasteiger partial charge is 0.229 e. The number of benzene rings is 1. The molecule has 1 saturated heterocycles. The number of amides is 1. The van der Waals surface area contributed by atoms with Crippen LogP contribution in [0.5, 0.6) is 0 Å². The number of carbonyl (C=O) groups excluding carboxylic acids is 1. The molecule has 5 nitrogen and oxygen atoms in total. The molecule has 1 saturated carbocycles. The van der Waals surface area contributed by atoms with Gasteiger partial charge in [-0.25, -0.2) is 21.5 Å². The summed E-state index contributed by atoms with van der Waals surface area (Å²) in [6.07, 6.45) is 5.76. The normalized spacial score (nSPS) is 23.7. The highest BCUT2D eigenvalue weighted by Gasteiger charge is 2.52. The number of halogens is 2. The van der Waals surface area contributed by atoms with Gasteiger partial charge in [0.1, 0.15) is 0 Å². The number of hydrogen-bond acceptors (Lipinski definition) is 3. The fourth-order valence-electron chi connectivity index (χ4n) is 4.10. The van der Waals surface area contributed by atoms with Crippen LogP contribution in [0.2, 0.25) is 0 Å². The molecule has 1 aromatic carbocycles. The molecular weight excluding hydrogens is 350 g/mol. The summed E-state index contributed by atoms with van der Waals surface area (Å²) in [5, 5.41) is 2.63. The summed E-state index contributed by atoms with van der Waals surface area (Å²) in [7, 11) is -3.39. The van der Waals surface area contributed by atoms with Crippen LogP contribution in [0.4, 0.5) is 14.5 Å². The van der Waals surface area contributed by atoms with E-state index in [1.165, 1.54) is 10.4 Å². The summed E-state index contributed by atoms with van der Waals surface area (Å²) in [5.74, 6) is -2.84. The van der Waals surface area contributed by atoms with E-state index in [0.29, 0.717) is 6.54 Å². The number of sulfonamides is 1. The molecular formula is C17H22F2N2O3S. The van der Waals surface area contributed by atoms with Gasteiger partial charge in [0, 0.05) is 24.8 Å². The van der Waals surface area contributed by atoms with Crippen molar-refractivity contribution in [2.45, 2.75) is 32.1 Å². The zero-order chi connectivity index (χ0) is 18.2. The summed E-state index contributed by atoms with van der Waals surface area (Å²) in [5.41, 5.74) is -0.197. The van der Waals surface area contributed by atoms with Gasteiger partial charge in [-0.2, -0.15) is 0 Å². The Morgan fingerprint density at radius 3 is 2.48 bits per heavy atom. The maximum atomic E-state index is 13.4. The number of nitrogens with zero attached hydrogens (tertiary/aromatic N) is 1. The third-order valence-corrected chi connectivity index (χ3v) is 6.65. The zero-order valence-electron chi connectivity index (χ0n) is 14.1. The zero-order valence-corrected chi connectivity index (χ0v) is 14.9. The first-order chi connectivity index (χ1) is 11.7. The van der Waals surface area contributed by atoms with E-state index in [1.807, 2.05) is 0 Å². The van der Waals surface area contributed by atoms with Gasteiger partial charge in [0.25, 0.3) is 0 Å². The Morgan fingerprint density at radius 2 is 1.88 bits per heavy atom. The van der Waals surface area contributed by atoms with E-state index >= 15 is 0 Å².